The van der Waals surface area contributed by atoms with Crippen LogP contribution in [0.2, 0.25) is 0 Å². The first-order chi connectivity index (χ1) is 18.1. The number of hydrogen-bond donors (Lipinski definition) is 2. The Morgan fingerprint density at radius 3 is 2.49 bits per heavy atom. The molecule has 1 atom stereocenters. The van der Waals surface area contributed by atoms with E-state index in [0.717, 1.165) is 37.0 Å². The third kappa shape index (κ3) is 5.92. The van der Waals surface area contributed by atoms with Crippen molar-refractivity contribution in [1.29, 1.82) is 0 Å². The lowest BCUT2D eigenvalue weighted by Crippen LogP contribution is -2.39. The molecule has 0 aliphatic carbocycles. The van der Waals surface area contributed by atoms with Crippen LogP contribution in [0.15, 0.2) is 79.0 Å². The lowest BCUT2D eigenvalue weighted by molar-refractivity contribution is 0.247. The van der Waals surface area contributed by atoms with Crippen molar-refractivity contribution in [2.75, 3.05) is 32.6 Å². The Bertz CT molecular complexity index is 1360. The number of carbonyl (C=O) groups excluding carboxylic acids is 1. The summed E-state index contributed by atoms with van der Waals surface area (Å²) in [6, 6.07) is 23.1. The van der Waals surface area contributed by atoms with Gasteiger partial charge in [-0.2, -0.15) is 0 Å². The van der Waals surface area contributed by atoms with Crippen LogP contribution >= 0.6 is 0 Å². The molecule has 3 aromatic carbocycles. The molecule has 1 aliphatic rings. The van der Waals surface area contributed by atoms with E-state index in [1.807, 2.05) is 42.5 Å². The topological polar surface area (TPSA) is 85.0 Å². The number of fused-ring (bicyclic) bond motifs is 1. The number of urea groups is 1. The molecule has 8 heteroatoms. The minimum absolute atomic E-state index is 0.127. The lowest BCUT2D eigenvalue weighted by atomic mass is 10.2. The maximum atomic E-state index is 12.6. The molecule has 1 aliphatic heterocycles. The molecule has 0 unspecified atom stereocenters. The number of hydrogen-bond acceptors (Lipinski definition) is 6. The molecule has 8 nitrogen and oxygen atoms in total. The van der Waals surface area contributed by atoms with Gasteiger partial charge in [0.05, 0.1) is 19.7 Å². The third-order valence-corrected chi connectivity index (χ3v) is 6.40. The number of benzene rings is 3. The minimum atomic E-state index is -0.207. The van der Waals surface area contributed by atoms with Gasteiger partial charge >= 0.3 is 6.03 Å². The number of likely N-dealkylation sites (tertiary alicyclic amines) is 1. The number of amides is 2. The predicted octanol–water partition coefficient (Wildman–Crippen LogP) is 5.44. The molecular formula is C29H30N4O4. The third-order valence-electron chi connectivity index (χ3n) is 6.40. The highest BCUT2D eigenvalue weighted by molar-refractivity contribution is 5.90. The zero-order valence-electron chi connectivity index (χ0n) is 20.9. The quantitative estimate of drug-likeness (QED) is 0.337. The predicted molar refractivity (Wildman–Crippen MR) is 144 cm³/mol. The van der Waals surface area contributed by atoms with Gasteiger partial charge in [0, 0.05) is 49.0 Å². The van der Waals surface area contributed by atoms with E-state index in [2.05, 4.69) is 44.8 Å². The lowest BCUT2D eigenvalue weighted by Gasteiger charge is -2.17. The molecule has 1 aromatic heterocycles. The van der Waals surface area contributed by atoms with E-state index < -0.39 is 0 Å². The monoisotopic (exact) mass is 498 g/mol. The van der Waals surface area contributed by atoms with Gasteiger partial charge in [-0.25, -0.2) is 4.79 Å². The van der Waals surface area contributed by atoms with Crippen molar-refractivity contribution in [3.8, 4) is 23.0 Å². The van der Waals surface area contributed by atoms with Crippen LogP contribution in [0.25, 0.3) is 10.9 Å². The number of ether oxygens (including phenoxy) is 3. The van der Waals surface area contributed by atoms with Crippen LogP contribution in [-0.4, -0.2) is 49.3 Å². The first-order valence-electron chi connectivity index (χ1n) is 12.2. The zero-order valence-corrected chi connectivity index (χ0v) is 20.9. The van der Waals surface area contributed by atoms with Gasteiger partial charge in [0.25, 0.3) is 0 Å². The van der Waals surface area contributed by atoms with Crippen LogP contribution in [-0.2, 0) is 6.54 Å². The first-order valence-corrected chi connectivity index (χ1v) is 12.2. The van der Waals surface area contributed by atoms with E-state index in [1.165, 1.54) is 5.56 Å². The van der Waals surface area contributed by atoms with Crippen LogP contribution < -0.4 is 24.8 Å². The second-order valence-corrected chi connectivity index (χ2v) is 8.96. The Morgan fingerprint density at radius 1 is 0.973 bits per heavy atom. The largest absolute Gasteiger partial charge is 0.493 e. The smallest absolute Gasteiger partial charge is 0.319 e. The van der Waals surface area contributed by atoms with E-state index in [-0.39, 0.29) is 12.1 Å². The fourth-order valence-electron chi connectivity index (χ4n) is 4.56. The van der Waals surface area contributed by atoms with Gasteiger partial charge in [-0.3, -0.25) is 9.88 Å². The molecule has 2 N–H and O–H groups in total. The van der Waals surface area contributed by atoms with E-state index in [0.29, 0.717) is 28.7 Å². The van der Waals surface area contributed by atoms with Gasteiger partial charge in [-0.05, 0) is 48.4 Å². The Hall–Kier alpha value is -4.30. The number of nitrogens with one attached hydrogen (secondary N) is 2. The highest BCUT2D eigenvalue weighted by Gasteiger charge is 2.23. The van der Waals surface area contributed by atoms with E-state index in [1.54, 1.807) is 26.5 Å². The summed E-state index contributed by atoms with van der Waals surface area (Å²) in [5.41, 5.74) is 2.71. The van der Waals surface area contributed by atoms with E-state index >= 15 is 0 Å². The van der Waals surface area contributed by atoms with Gasteiger partial charge in [0.1, 0.15) is 11.5 Å². The highest BCUT2D eigenvalue weighted by Crippen LogP contribution is 2.37. The number of rotatable bonds is 8. The van der Waals surface area contributed by atoms with Crippen molar-refractivity contribution in [1.82, 2.24) is 15.2 Å². The second kappa shape index (κ2) is 11.2. The summed E-state index contributed by atoms with van der Waals surface area (Å²) in [5, 5.41) is 6.81. The van der Waals surface area contributed by atoms with Crippen LogP contribution in [0.1, 0.15) is 12.0 Å². The minimum Gasteiger partial charge on any atom is -0.493 e. The van der Waals surface area contributed by atoms with Crippen LogP contribution in [0.5, 0.6) is 23.0 Å². The number of nitrogens with zero attached hydrogens (tertiary/aromatic N) is 2. The fraction of sp³-hybridized carbons (Fsp3) is 0.241. The molecule has 1 fully saturated rings. The van der Waals surface area contributed by atoms with Crippen molar-refractivity contribution in [3.05, 3.63) is 84.6 Å². The summed E-state index contributed by atoms with van der Waals surface area (Å²) in [6.45, 7) is 2.70. The Kier molecular flexibility index (Phi) is 7.37. The molecule has 5 rings (SSSR count). The molecule has 37 heavy (non-hydrogen) atoms. The number of methoxy groups -OCH3 is 2. The molecule has 2 amide bonds. The number of anilines is 1. The summed E-state index contributed by atoms with van der Waals surface area (Å²) < 4.78 is 16.9. The molecule has 0 saturated carbocycles. The molecule has 0 spiro atoms. The average molecular weight is 499 g/mol. The van der Waals surface area contributed by atoms with E-state index in [4.69, 9.17) is 14.2 Å². The second-order valence-electron chi connectivity index (χ2n) is 8.96. The van der Waals surface area contributed by atoms with Gasteiger partial charge in [-0.15, -0.1) is 0 Å². The molecule has 4 aromatic rings. The van der Waals surface area contributed by atoms with Gasteiger partial charge < -0.3 is 24.8 Å². The van der Waals surface area contributed by atoms with Crippen molar-refractivity contribution in [2.45, 2.75) is 19.0 Å². The number of aromatic nitrogens is 1. The van der Waals surface area contributed by atoms with Crippen molar-refractivity contribution in [3.63, 3.8) is 0 Å². The maximum absolute atomic E-state index is 12.6. The van der Waals surface area contributed by atoms with E-state index in [9.17, 15) is 4.79 Å². The zero-order chi connectivity index (χ0) is 25.6. The van der Waals surface area contributed by atoms with Crippen molar-refractivity contribution < 1.29 is 19.0 Å². The normalized spacial score (nSPS) is 15.4. The van der Waals surface area contributed by atoms with Crippen LogP contribution in [0, 0.1) is 0 Å². The van der Waals surface area contributed by atoms with Gasteiger partial charge in [-0.1, -0.05) is 30.3 Å². The average Bonchev–Trinajstić information content (AvgIpc) is 3.36. The summed E-state index contributed by atoms with van der Waals surface area (Å²) >= 11 is 0. The SMILES string of the molecule is COc1cc2nccc(Oc3ccc(NC(=O)N[C@H]4CCN(Cc5ccccc5)C4)cc3)c2cc1OC. The summed E-state index contributed by atoms with van der Waals surface area (Å²) in [6.07, 6.45) is 2.62. The number of carbonyl (C=O) groups is 1. The first kappa shape index (κ1) is 24.4. The standard InChI is InChI=1S/C29H30N4O4/c1-35-27-16-24-25(17-28(27)36-2)30-14-12-26(24)37-23-10-8-21(9-11-23)31-29(34)32-22-13-15-33(19-22)18-20-6-4-3-5-7-20/h3-12,14,16-17,22H,13,15,18-19H2,1-2H3,(H2,31,32,34)/t22-/m0/s1. The van der Waals surface area contributed by atoms with Crippen LogP contribution in [0.3, 0.4) is 0 Å². The van der Waals surface area contributed by atoms with Crippen LogP contribution in [0.4, 0.5) is 10.5 Å². The Labute approximate surface area is 216 Å². The maximum Gasteiger partial charge on any atom is 0.319 e. The molecule has 0 radical (unpaired) electrons. The summed E-state index contributed by atoms with van der Waals surface area (Å²) in [5.74, 6) is 2.49. The Balaban J connectivity index is 1.17. The van der Waals surface area contributed by atoms with Crippen molar-refractivity contribution >= 4 is 22.6 Å². The summed E-state index contributed by atoms with van der Waals surface area (Å²) in [7, 11) is 3.18. The molecule has 190 valence electrons. The molecule has 2 heterocycles. The van der Waals surface area contributed by atoms with Crippen molar-refractivity contribution in [2.24, 2.45) is 0 Å². The van der Waals surface area contributed by atoms with Gasteiger partial charge in [0.2, 0.25) is 0 Å². The molecule has 1 saturated heterocycles. The Morgan fingerprint density at radius 2 is 1.73 bits per heavy atom. The summed E-state index contributed by atoms with van der Waals surface area (Å²) in [4.78, 5) is 19.3. The molecular weight excluding hydrogens is 468 g/mol. The molecule has 0 bridgehead atoms. The fourth-order valence-corrected chi connectivity index (χ4v) is 4.56. The van der Waals surface area contributed by atoms with Gasteiger partial charge in [0.15, 0.2) is 11.5 Å². The number of pyridine rings is 1. The highest BCUT2D eigenvalue weighted by atomic mass is 16.5.